The number of nitrogens with zero attached hydrogens (tertiary/aromatic N) is 1. The van der Waals surface area contributed by atoms with E-state index >= 15 is 0 Å². The van der Waals surface area contributed by atoms with Gasteiger partial charge in [0.2, 0.25) is 0 Å². The summed E-state index contributed by atoms with van der Waals surface area (Å²) in [5.41, 5.74) is 2.00. The second-order valence-corrected chi connectivity index (χ2v) is 10.6. The number of ether oxygens (including phenoxy) is 1. The van der Waals surface area contributed by atoms with Crippen molar-refractivity contribution in [2.75, 3.05) is 19.7 Å². The molecule has 1 heterocycles. The molecule has 2 bridgehead atoms. The molecular formula is C29H37NO2. The zero-order valence-electron chi connectivity index (χ0n) is 19.4. The van der Waals surface area contributed by atoms with Gasteiger partial charge in [0.15, 0.2) is 0 Å². The van der Waals surface area contributed by atoms with Crippen molar-refractivity contribution in [3.63, 3.8) is 0 Å². The molecule has 2 aromatic carbocycles. The molecule has 170 valence electrons. The highest BCUT2D eigenvalue weighted by atomic mass is 16.5. The van der Waals surface area contributed by atoms with Crippen LogP contribution < -0.4 is 0 Å². The summed E-state index contributed by atoms with van der Waals surface area (Å²) in [5, 5.41) is 0. The Hall–Kier alpha value is -2.13. The number of carbonyl (C=O) groups excluding carboxylic acids is 1. The van der Waals surface area contributed by atoms with Gasteiger partial charge in [-0.25, -0.2) is 0 Å². The Morgan fingerprint density at radius 2 is 1.50 bits per heavy atom. The molecule has 2 aromatic rings. The van der Waals surface area contributed by atoms with E-state index < -0.39 is 5.41 Å². The summed E-state index contributed by atoms with van der Waals surface area (Å²) in [6.07, 6.45) is 7.26. The topological polar surface area (TPSA) is 29.5 Å². The maximum absolute atomic E-state index is 13.6. The highest BCUT2D eigenvalue weighted by Gasteiger charge is 2.47. The monoisotopic (exact) mass is 431 g/mol. The number of hydrogen-bond donors (Lipinski definition) is 0. The normalized spacial score (nSPS) is 27.8. The van der Waals surface area contributed by atoms with Gasteiger partial charge < -0.3 is 4.74 Å². The van der Waals surface area contributed by atoms with Crippen molar-refractivity contribution in [3.8, 4) is 0 Å². The lowest BCUT2D eigenvalue weighted by molar-refractivity contribution is -0.155. The Balaban J connectivity index is 1.24. The standard InChI is InChI=1S/C29H37NO2/c1-29(26-14-8-9-15-26,25-12-6-3-7-13-25)28(31)32-21-27-23-16-17-24(27)20-30(19-23)18-22-10-4-2-5-11-22/h2-7,10-13,23-24,26-27H,8-9,14-21H2,1H3. The first-order valence-corrected chi connectivity index (χ1v) is 12.6. The van der Waals surface area contributed by atoms with Crippen LogP contribution in [0.25, 0.3) is 0 Å². The highest BCUT2D eigenvalue weighted by molar-refractivity contribution is 5.83. The number of rotatable bonds is 7. The molecule has 1 saturated heterocycles. The molecule has 3 fully saturated rings. The predicted octanol–water partition coefficient (Wildman–Crippen LogP) is 5.84. The highest BCUT2D eigenvalue weighted by Crippen LogP contribution is 2.45. The number of piperidine rings is 1. The lowest BCUT2D eigenvalue weighted by Crippen LogP contribution is -2.45. The number of carbonyl (C=O) groups is 1. The van der Waals surface area contributed by atoms with E-state index in [4.69, 9.17) is 4.74 Å². The van der Waals surface area contributed by atoms with Gasteiger partial charge in [0.05, 0.1) is 12.0 Å². The minimum absolute atomic E-state index is 0.00159. The molecule has 3 aliphatic rings. The van der Waals surface area contributed by atoms with Crippen molar-refractivity contribution in [3.05, 3.63) is 71.8 Å². The van der Waals surface area contributed by atoms with Gasteiger partial charge in [0.1, 0.15) is 0 Å². The summed E-state index contributed by atoms with van der Waals surface area (Å²) >= 11 is 0. The van der Waals surface area contributed by atoms with Gasteiger partial charge >= 0.3 is 5.97 Å². The summed E-state index contributed by atoms with van der Waals surface area (Å²) in [4.78, 5) is 16.2. The van der Waals surface area contributed by atoms with Gasteiger partial charge in [-0.1, -0.05) is 73.5 Å². The Morgan fingerprint density at radius 1 is 0.906 bits per heavy atom. The van der Waals surface area contributed by atoms with E-state index in [0.717, 1.165) is 38.0 Å². The fourth-order valence-corrected chi connectivity index (χ4v) is 6.80. The molecule has 2 aliphatic carbocycles. The molecule has 0 radical (unpaired) electrons. The van der Waals surface area contributed by atoms with E-state index in [1.807, 2.05) is 6.07 Å². The first-order chi connectivity index (χ1) is 15.6. The van der Waals surface area contributed by atoms with Crippen LogP contribution in [0.2, 0.25) is 0 Å². The molecule has 1 aliphatic heterocycles. The Morgan fingerprint density at radius 3 is 2.12 bits per heavy atom. The van der Waals surface area contributed by atoms with E-state index in [2.05, 4.69) is 66.4 Å². The van der Waals surface area contributed by atoms with Crippen molar-refractivity contribution >= 4 is 5.97 Å². The number of esters is 1. The van der Waals surface area contributed by atoms with E-state index in [0.29, 0.717) is 30.3 Å². The Kier molecular flexibility index (Phi) is 6.37. The minimum Gasteiger partial charge on any atom is -0.465 e. The molecule has 5 rings (SSSR count). The zero-order chi connectivity index (χ0) is 22.0. The van der Waals surface area contributed by atoms with Crippen LogP contribution in [0.3, 0.4) is 0 Å². The van der Waals surface area contributed by atoms with Crippen LogP contribution in [0.1, 0.15) is 56.6 Å². The SMILES string of the molecule is CC(C(=O)OCC1C2CCC1CN(Cc1ccccc1)C2)(c1ccccc1)C1CCCC1. The van der Waals surface area contributed by atoms with Crippen molar-refractivity contribution in [1.82, 2.24) is 4.90 Å². The fraction of sp³-hybridized carbons (Fsp3) is 0.552. The van der Waals surface area contributed by atoms with Crippen LogP contribution in [0.4, 0.5) is 0 Å². The molecular weight excluding hydrogens is 394 g/mol. The molecule has 3 heteroatoms. The zero-order valence-corrected chi connectivity index (χ0v) is 19.4. The quantitative estimate of drug-likeness (QED) is 0.516. The van der Waals surface area contributed by atoms with Crippen molar-refractivity contribution < 1.29 is 9.53 Å². The minimum atomic E-state index is -0.523. The van der Waals surface area contributed by atoms with Gasteiger partial charge in [-0.05, 0) is 61.5 Å². The third-order valence-electron chi connectivity index (χ3n) is 8.73. The summed E-state index contributed by atoms with van der Waals surface area (Å²) in [6, 6.07) is 21.2. The number of benzene rings is 2. The van der Waals surface area contributed by atoms with Crippen LogP contribution in [0.15, 0.2) is 60.7 Å². The first-order valence-electron chi connectivity index (χ1n) is 12.6. The second-order valence-electron chi connectivity index (χ2n) is 10.6. The van der Waals surface area contributed by atoms with E-state index in [-0.39, 0.29) is 5.97 Å². The predicted molar refractivity (Wildman–Crippen MR) is 128 cm³/mol. The smallest absolute Gasteiger partial charge is 0.316 e. The van der Waals surface area contributed by atoms with Gasteiger partial charge in [0, 0.05) is 25.6 Å². The van der Waals surface area contributed by atoms with Gasteiger partial charge in [-0.2, -0.15) is 0 Å². The third-order valence-corrected chi connectivity index (χ3v) is 8.73. The molecule has 2 saturated carbocycles. The van der Waals surface area contributed by atoms with E-state index in [1.54, 1.807) is 0 Å². The summed E-state index contributed by atoms with van der Waals surface area (Å²) in [6.45, 7) is 6.03. The van der Waals surface area contributed by atoms with Gasteiger partial charge in [0.25, 0.3) is 0 Å². The molecule has 0 spiro atoms. The Bertz CT molecular complexity index is 878. The van der Waals surface area contributed by atoms with Crippen molar-refractivity contribution in [1.29, 1.82) is 0 Å². The lowest BCUT2D eigenvalue weighted by atomic mass is 9.71. The van der Waals surface area contributed by atoms with Crippen LogP contribution in [0, 0.1) is 23.7 Å². The molecule has 0 amide bonds. The molecule has 3 atom stereocenters. The van der Waals surface area contributed by atoms with Crippen molar-refractivity contribution in [2.24, 2.45) is 23.7 Å². The van der Waals surface area contributed by atoms with Crippen LogP contribution in [-0.2, 0) is 21.5 Å². The lowest BCUT2D eigenvalue weighted by Gasteiger charge is -2.39. The second kappa shape index (κ2) is 9.39. The van der Waals surface area contributed by atoms with E-state index in [1.165, 1.54) is 31.2 Å². The molecule has 0 N–H and O–H groups in total. The van der Waals surface area contributed by atoms with E-state index in [9.17, 15) is 4.79 Å². The maximum Gasteiger partial charge on any atom is 0.316 e. The molecule has 3 nitrogen and oxygen atoms in total. The first kappa shape index (κ1) is 21.7. The fourth-order valence-electron chi connectivity index (χ4n) is 6.80. The summed E-state index contributed by atoms with van der Waals surface area (Å²) < 4.78 is 6.19. The molecule has 32 heavy (non-hydrogen) atoms. The van der Waals surface area contributed by atoms with Crippen LogP contribution in [0.5, 0.6) is 0 Å². The van der Waals surface area contributed by atoms with Gasteiger partial charge in [-0.3, -0.25) is 9.69 Å². The average molecular weight is 432 g/mol. The molecule has 0 aromatic heterocycles. The van der Waals surface area contributed by atoms with Crippen molar-refractivity contribution in [2.45, 2.75) is 57.4 Å². The number of likely N-dealkylation sites (tertiary alicyclic amines) is 1. The van der Waals surface area contributed by atoms with Gasteiger partial charge in [-0.15, -0.1) is 0 Å². The number of fused-ring (bicyclic) bond motifs is 2. The summed E-state index contributed by atoms with van der Waals surface area (Å²) in [5.74, 6) is 2.22. The maximum atomic E-state index is 13.6. The van der Waals surface area contributed by atoms with Crippen LogP contribution in [-0.4, -0.2) is 30.6 Å². The average Bonchev–Trinajstić information content (AvgIpc) is 3.45. The summed E-state index contributed by atoms with van der Waals surface area (Å²) in [7, 11) is 0. The Labute approximate surface area is 193 Å². The number of hydrogen-bond acceptors (Lipinski definition) is 3. The van der Waals surface area contributed by atoms with Crippen LogP contribution >= 0.6 is 0 Å². The molecule has 3 unspecified atom stereocenters. The largest absolute Gasteiger partial charge is 0.465 e. The third kappa shape index (κ3) is 4.24.